The SMILES string of the molecule is COCC(CO)NC(=O)CCc1ccc(C2CC2C)o1. The van der Waals surface area contributed by atoms with Crippen LogP contribution in [0.2, 0.25) is 0 Å². The number of furan rings is 1. The van der Waals surface area contributed by atoms with E-state index in [4.69, 9.17) is 14.3 Å². The molecule has 5 heteroatoms. The molecule has 5 nitrogen and oxygen atoms in total. The Labute approximate surface area is 119 Å². The quantitative estimate of drug-likeness (QED) is 0.756. The van der Waals surface area contributed by atoms with Crippen LogP contribution in [0.4, 0.5) is 0 Å². The number of aliphatic hydroxyl groups excluding tert-OH is 1. The second-order valence-corrected chi connectivity index (χ2v) is 5.53. The summed E-state index contributed by atoms with van der Waals surface area (Å²) in [5.74, 6) is 3.08. The molecule has 1 saturated carbocycles. The summed E-state index contributed by atoms with van der Waals surface area (Å²) in [7, 11) is 1.54. The zero-order chi connectivity index (χ0) is 14.5. The van der Waals surface area contributed by atoms with E-state index in [0.717, 1.165) is 17.4 Å². The van der Waals surface area contributed by atoms with Gasteiger partial charge in [-0.15, -0.1) is 0 Å². The third-order valence-corrected chi connectivity index (χ3v) is 3.71. The van der Waals surface area contributed by atoms with Crippen LogP contribution < -0.4 is 5.32 Å². The van der Waals surface area contributed by atoms with Gasteiger partial charge in [0.2, 0.25) is 5.91 Å². The Morgan fingerprint density at radius 1 is 1.60 bits per heavy atom. The topological polar surface area (TPSA) is 71.7 Å². The summed E-state index contributed by atoms with van der Waals surface area (Å²) in [6, 6.07) is 3.63. The van der Waals surface area contributed by atoms with Crippen LogP contribution in [0.15, 0.2) is 16.5 Å². The molecule has 1 amide bonds. The standard InChI is InChI=1S/C15H23NO4/c1-10-7-13(10)14-5-3-12(20-14)4-6-15(18)16-11(8-17)9-19-2/h3,5,10-11,13,17H,4,6-9H2,1-2H3,(H,16,18). The number of carbonyl (C=O) groups is 1. The van der Waals surface area contributed by atoms with Crippen molar-refractivity contribution in [2.75, 3.05) is 20.3 Å². The molecule has 1 heterocycles. The van der Waals surface area contributed by atoms with Crippen molar-refractivity contribution in [1.82, 2.24) is 5.32 Å². The van der Waals surface area contributed by atoms with E-state index in [2.05, 4.69) is 12.2 Å². The van der Waals surface area contributed by atoms with Crippen molar-refractivity contribution >= 4 is 5.91 Å². The molecular weight excluding hydrogens is 258 g/mol. The van der Waals surface area contributed by atoms with Crippen molar-refractivity contribution in [3.63, 3.8) is 0 Å². The number of hydrogen-bond acceptors (Lipinski definition) is 4. The van der Waals surface area contributed by atoms with Gasteiger partial charge < -0.3 is 19.6 Å². The molecule has 0 spiro atoms. The Kier molecular flexibility index (Phi) is 5.20. The zero-order valence-corrected chi connectivity index (χ0v) is 12.1. The fourth-order valence-electron chi connectivity index (χ4n) is 2.32. The van der Waals surface area contributed by atoms with Gasteiger partial charge in [0, 0.05) is 25.9 Å². The highest BCUT2D eigenvalue weighted by Crippen LogP contribution is 2.47. The second kappa shape index (κ2) is 6.90. The van der Waals surface area contributed by atoms with Crippen LogP contribution in [-0.4, -0.2) is 37.4 Å². The van der Waals surface area contributed by atoms with Crippen molar-refractivity contribution in [3.05, 3.63) is 23.7 Å². The molecule has 20 heavy (non-hydrogen) atoms. The lowest BCUT2D eigenvalue weighted by molar-refractivity contribution is -0.122. The first-order chi connectivity index (χ1) is 9.63. The maximum absolute atomic E-state index is 11.7. The van der Waals surface area contributed by atoms with Crippen molar-refractivity contribution in [2.24, 2.45) is 5.92 Å². The molecule has 0 saturated heterocycles. The first kappa shape index (κ1) is 15.1. The Balaban J connectivity index is 1.74. The lowest BCUT2D eigenvalue weighted by Gasteiger charge is -2.14. The highest BCUT2D eigenvalue weighted by atomic mass is 16.5. The molecule has 3 atom stereocenters. The number of aliphatic hydroxyl groups is 1. The van der Waals surface area contributed by atoms with Gasteiger partial charge in [-0.1, -0.05) is 6.92 Å². The van der Waals surface area contributed by atoms with E-state index in [0.29, 0.717) is 25.4 Å². The van der Waals surface area contributed by atoms with E-state index < -0.39 is 0 Å². The highest BCUT2D eigenvalue weighted by molar-refractivity contribution is 5.76. The molecule has 0 radical (unpaired) electrons. The second-order valence-electron chi connectivity index (χ2n) is 5.53. The van der Waals surface area contributed by atoms with E-state index in [-0.39, 0.29) is 18.6 Å². The molecule has 3 unspecified atom stereocenters. The molecule has 0 aliphatic heterocycles. The number of hydrogen-bond donors (Lipinski definition) is 2. The minimum atomic E-state index is -0.341. The number of methoxy groups -OCH3 is 1. The van der Waals surface area contributed by atoms with Gasteiger partial charge in [-0.2, -0.15) is 0 Å². The molecule has 0 aromatic carbocycles. The number of carbonyl (C=O) groups excluding carboxylic acids is 1. The molecule has 112 valence electrons. The largest absolute Gasteiger partial charge is 0.466 e. The van der Waals surface area contributed by atoms with Gasteiger partial charge in [-0.05, 0) is 24.5 Å². The predicted molar refractivity (Wildman–Crippen MR) is 74.4 cm³/mol. The van der Waals surface area contributed by atoms with Crippen molar-refractivity contribution in [1.29, 1.82) is 0 Å². The number of ether oxygens (including phenoxy) is 1. The monoisotopic (exact) mass is 281 g/mol. The smallest absolute Gasteiger partial charge is 0.220 e. The van der Waals surface area contributed by atoms with Gasteiger partial charge in [0.25, 0.3) is 0 Å². The third-order valence-electron chi connectivity index (χ3n) is 3.71. The Hall–Kier alpha value is -1.33. The minimum absolute atomic E-state index is 0.0983. The van der Waals surface area contributed by atoms with Gasteiger partial charge in [-0.3, -0.25) is 4.79 Å². The van der Waals surface area contributed by atoms with Crippen molar-refractivity contribution in [2.45, 2.75) is 38.1 Å². The first-order valence-corrected chi connectivity index (χ1v) is 7.11. The third kappa shape index (κ3) is 4.08. The van der Waals surface area contributed by atoms with Gasteiger partial charge in [-0.25, -0.2) is 0 Å². The molecule has 1 aromatic heterocycles. The number of aryl methyl sites for hydroxylation is 1. The van der Waals surface area contributed by atoms with Crippen molar-refractivity contribution < 1.29 is 19.1 Å². The van der Waals surface area contributed by atoms with Crippen LogP contribution in [0, 0.1) is 5.92 Å². The van der Waals surface area contributed by atoms with E-state index in [9.17, 15) is 4.79 Å². The summed E-state index contributed by atoms with van der Waals surface area (Å²) < 4.78 is 10.7. The lowest BCUT2D eigenvalue weighted by atomic mass is 10.2. The fraction of sp³-hybridized carbons (Fsp3) is 0.667. The van der Waals surface area contributed by atoms with E-state index >= 15 is 0 Å². The first-order valence-electron chi connectivity index (χ1n) is 7.11. The Bertz CT molecular complexity index is 443. The average Bonchev–Trinajstić information content (AvgIpc) is 2.99. The summed E-state index contributed by atoms with van der Waals surface area (Å²) in [5.41, 5.74) is 0. The molecule has 1 aliphatic carbocycles. The summed E-state index contributed by atoms with van der Waals surface area (Å²) in [6.45, 7) is 2.40. The van der Waals surface area contributed by atoms with Crippen LogP contribution in [-0.2, 0) is 16.0 Å². The zero-order valence-electron chi connectivity index (χ0n) is 12.1. The molecule has 2 N–H and O–H groups in total. The van der Waals surface area contributed by atoms with Crippen LogP contribution in [0.5, 0.6) is 0 Å². The minimum Gasteiger partial charge on any atom is -0.466 e. The summed E-state index contributed by atoms with van der Waals surface area (Å²) in [5, 5.41) is 11.8. The average molecular weight is 281 g/mol. The summed E-state index contributed by atoms with van der Waals surface area (Å²) in [6.07, 6.45) is 2.13. The molecule has 1 aromatic rings. The number of nitrogens with one attached hydrogen (secondary N) is 1. The van der Waals surface area contributed by atoms with Crippen LogP contribution in [0.3, 0.4) is 0 Å². The maximum Gasteiger partial charge on any atom is 0.220 e. The van der Waals surface area contributed by atoms with Crippen LogP contribution in [0.25, 0.3) is 0 Å². The maximum atomic E-state index is 11.7. The molecule has 1 aliphatic rings. The highest BCUT2D eigenvalue weighted by Gasteiger charge is 2.36. The predicted octanol–water partition coefficient (Wildman–Crippen LogP) is 1.46. The van der Waals surface area contributed by atoms with E-state index in [1.165, 1.54) is 13.5 Å². The molecule has 1 fully saturated rings. The Morgan fingerprint density at radius 2 is 2.35 bits per heavy atom. The van der Waals surface area contributed by atoms with Gasteiger partial charge >= 0.3 is 0 Å². The molecule has 2 rings (SSSR count). The molecule has 0 bridgehead atoms. The Morgan fingerprint density at radius 3 is 2.95 bits per heavy atom. The van der Waals surface area contributed by atoms with Gasteiger partial charge in [0.05, 0.1) is 19.3 Å². The molecular formula is C15H23NO4. The number of amides is 1. The number of rotatable bonds is 8. The normalized spacial score (nSPS) is 22.6. The fourth-order valence-corrected chi connectivity index (χ4v) is 2.32. The van der Waals surface area contributed by atoms with Crippen LogP contribution in [0.1, 0.15) is 37.2 Å². The summed E-state index contributed by atoms with van der Waals surface area (Å²) in [4.78, 5) is 11.7. The van der Waals surface area contributed by atoms with Crippen LogP contribution >= 0.6 is 0 Å². The lowest BCUT2D eigenvalue weighted by Crippen LogP contribution is -2.40. The van der Waals surface area contributed by atoms with Crippen molar-refractivity contribution in [3.8, 4) is 0 Å². The van der Waals surface area contributed by atoms with Gasteiger partial charge in [0.1, 0.15) is 11.5 Å². The van der Waals surface area contributed by atoms with E-state index in [1.54, 1.807) is 0 Å². The van der Waals surface area contributed by atoms with E-state index in [1.807, 2.05) is 12.1 Å². The van der Waals surface area contributed by atoms with Gasteiger partial charge in [0.15, 0.2) is 0 Å². The summed E-state index contributed by atoms with van der Waals surface area (Å²) >= 11 is 0.